The molecule has 2 rings (SSSR count). The molecule has 2 atom stereocenters. The third kappa shape index (κ3) is 1.71. The van der Waals surface area contributed by atoms with E-state index >= 15 is 0 Å². The number of carbonyl (C=O) groups excluding carboxylic acids is 2. The highest BCUT2D eigenvalue weighted by Crippen LogP contribution is 2.44. The number of esters is 2. The van der Waals surface area contributed by atoms with E-state index in [0.717, 1.165) is 12.8 Å². The molecule has 0 aromatic carbocycles. The van der Waals surface area contributed by atoms with Gasteiger partial charge in [-0.15, -0.1) is 0 Å². The van der Waals surface area contributed by atoms with Gasteiger partial charge in [0, 0.05) is 0 Å². The number of rotatable bonds is 3. The maximum Gasteiger partial charge on any atom is 0.341 e. The molecule has 15 heavy (non-hydrogen) atoms. The molecule has 0 saturated carbocycles. The second kappa shape index (κ2) is 3.81. The summed E-state index contributed by atoms with van der Waals surface area (Å²) < 4.78 is 15.0. The highest BCUT2D eigenvalue weighted by atomic mass is 16.7. The Bertz CT molecular complexity index is 288. The molecule has 5 heteroatoms. The predicted molar refractivity (Wildman–Crippen MR) is 49.0 cm³/mol. The molecule has 2 aliphatic heterocycles. The Morgan fingerprint density at radius 3 is 3.13 bits per heavy atom. The van der Waals surface area contributed by atoms with Crippen molar-refractivity contribution in [1.29, 1.82) is 0 Å². The number of hydrogen-bond acceptors (Lipinski definition) is 5. The van der Waals surface area contributed by atoms with Crippen molar-refractivity contribution in [1.82, 2.24) is 0 Å². The van der Waals surface area contributed by atoms with Gasteiger partial charge in [-0.25, -0.2) is 9.59 Å². The summed E-state index contributed by atoms with van der Waals surface area (Å²) in [7, 11) is 0. The number of carbonyl (C=O) groups is 2. The van der Waals surface area contributed by atoms with Crippen LogP contribution in [0.2, 0.25) is 0 Å². The van der Waals surface area contributed by atoms with Gasteiger partial charge in [0.05, 0.1) is 13.2 Å². The normalized spacial score (nSPS) is 33.7. The summed E-state index contributed by atoms with van der Waals surface area (Å²) in [4.78, 5) is 22.8. The Balaban J connectivity index is 1.92. The largest absolute Gasteiger partial charge is 0.464 e. The minimum atomic E-state index is -1.01. The minimum Gasteiger partial charge on any atom is -0.464 e. The minimum absolute atomic E-state index is 0.365. The van der Waals surface area contributed by atoms with Crippen LogP contribution in [-0.2, 0) is 23.8 Å². The van der Waals surface area contributed by atoms with E-state index in [9.17, 15) is 9.59 Å². The fraction of sp³-hybridized carbons (Fsp3) is 0.800. The first-order valence-corrected chi connectivity index (χ1v) is 5.22. The molecule has 84 valence electrons. The summed E-state index contributed by atoms with van der Waals surface area (Å²) in [5.74, 6) is -0.872. The van der Waals surface area contributed by atoms with Crippen LogP contribution in [0.5, 0.6) is 0 Å². The topological polar surface area (TPSA) is 65.1 Å². The van der Waals surface area contributed by atoms with Crippen LogP contribution >= 0.6 is 0 Å². The van der Waals surface area contributed by atoms with Crippen molar-refractivity contribution in [2.45, 2.75) is 37.9 Å². The van der Waals surface area contributed by atoms with Gasteiger partial charge in [-0.3, -0.25) is 0 Å². The molecule has 0 amide bonds. The molecule has 2 heterocycles. The zero-order valence-electron chi connectivity index (χ0n) is 8.65. The van der Waals surface area contributed by atoms with Crippen molar-refractivity contribution < 1.29 is 23.8 Å². The van der Waals surface area contributed by atoms with Gasteiger partial charge in [-0.2, -0.15) is 0 Å². The monoisotopic (exact) mass is 214 g/mol. The molecule has 5 nitrogen and oxygen atoms in total. The van der Waals surface area contributed by atoms with Crippen molar-refractivity contribution in [2.75, 3.05) is 13.2 Å². The Kier molecular flexibility index (Phi) is 2.65. The van der Waals surface area contributed by atoms with Gasteiger partial charge in [-0.1, -0.05) is 6.92 Å². The molecule has 0 bridgehead atoms. The Morgan fingerprint density at radius 2 is 2.47 bits per heavy atom. The number of epoxide rings is 1. The van der Waals surface area contributed by atoms with E-state index in [1.165, 1.54) is 0 Å². The molecule has 1 spiro atoms. The summed E-state index contributed by atoms with van der Waals surface area (Å²) in [6.45, 7) is 2.69. The van der Waals surface area contributed by atoms with Gasteiger partial charge in [-0.05, 0) is 19.3 Å². The molecule has 2 saturated heterocycles. The van der Waals surface area contributed by atoms with Crippen molar-refractivity contribution >= 4 is 11.9 Å². The van der Waals surface area contributed by atoms with E-state index in [1.54, 1.807) is 0 Å². The van der Waals surface area contributed by atoms with E-state index in [2.05, 4.69) is 0 Å². The van der Waals surface area contributed by atoms with Crippen LogP contribution in [0, 0.1) is 0 Å². The summed E-state index contributed by atoms with van der Waals surface area (Å²) in [5, 5.41) is 0. The lowest BCUT2D eigenvalue weighted by Crippen LogP contribution is -2.37. The van der Waals surface area contributed by atoms with Crippen LogP contribution < -0.4 is 0 Å². The smallest absolute Gasteiger partial charge is 0.341 e. The lowest BCUT2D eigenvalue weighted by Gasteiger charge is -2.17. The number of hydrogen-bond donors (Lipinski definition) is 0. The molecule has 0 aromatic rings. The zero-order valence-corrected chi connectivity index (χ0v) is 8.65. The Labute approximate surface area is 87.7 Å². The molecule has 0 aromatic heterocycles. The Morgan fingerprint density at radius 1 is 1.67 bits per heavy atom. The highest BCUT2D eigenvalue weighted by molar-refractivity contribution is 5.94. The van der Waals surface area contributed by atoms with Crippen LogP contribution in [0.15, 0.2) is 0 Å². The standard InChI is InChI=1S/C10H14O5/c1-2-5-13-8(11)7-10(15-7)4-3-6-14-9(10)12/h7H,2-6H2,1H3. The molecule has 0 radical (unpaired) electrons. The SMILES string of the molecule is CCCOC(=O)C1OC12CCCOC2=O. The third-order valence-corrected chi connectivity index (χ3v) is 2.63. The van der Waals surface area contributed by atoms with Gasteiger partial charge in [0.15, 0.2) is 6.10 Å². The van der Waals surface area contributed by atoms with Crippen LogP contribution in [0.3, 0.4) is 0 Å². The highest BCUT2D eigenvalue weighted by Gasteiger charge is 2.68. The maximum absolute atomic E-state index is 11.4. The molecule has 2 fully saturated rings. The predicted octanol–water partition coefficient (Wildman–Crippen LogP) is 0.414. The second-order valence-electron chi connectivity index (χ2n) is 3.79. The molecular weight excluding hydrogens is 200 g/mol. The van der Waals surface area contributed by atoms with Gasteiger partial charge in [0.1, 0.15) is 0 Å². The molecule has 2 aliphatic rings. The number of cyclic esters (lactones) is 1. The average molecular weight is 214 g/mol. The second-order valence-corrected chi connectivity index (χ2v) is 3.79. The first kappa shape index (κ1) is 10.4. The molecular formula is C10H14O5. The Hall–Kier alpha value is -1.10. The van der Waals surface area contributed by atoms with Gasteiger partial charge in [0.25, 0.3) is 0 Å². The van der Waals surface area contributed by atoms with E-state index in [1.807, 2.05) is 6.92 Å². The summed E-state index contributed by atoms with van der Waals surface area (Å²) in [6.07, 6.45) is 1.31. The molecule has 0 aliphatic carbocycles. The molecule has 2 unspecified atom stereocenters. The maximum atomic E-state index is 11.4. The third-order valence-electron chi connectivity index (χ3n) is 2.63. The summed E-state index contributed by atoms with van der Waals surface area (Å²) in [6, 6.07) is 0. The summed E-state index contributed by atoms with van der Waals surface area (Å²) >= 11 is 0. The lowest BCUT2D eigenvalue weighted by atomic mass is 9.97. The number of ether oxygens (including phenoxy) is 3. The van der Waals surface area contributed by atoms with E-state index < -0.39 is 23.6 Å². The van der Waals surface area contributed by atoms with E-state index in [0.29, 0.717) is 19.6 Å². The average Bonchev–Trinajstić information content (AvgIpc) is 2.95. The van der Waals surface area contributed by atoms with Crippen LogP contribution in [-0.4, -0.2) is 36.9 Å². The van der Waals surface area contributed by atoms with Crippen molar-refractivity contribution in [3.8, 4) is 0 Å². The van der Waals surface area contributed by atoms with E-state index in [4.69, 9.17) is 14.2 Å². The van der Waals surface area contributed by atoms with Gasteiger partial charge >= 0.3 is 11.9 Å². The fourth-order valence-corrected chi connectivity index (χ4v) is 1.76. The van der Waals surface area contributed by atoms with Crippen LogP contribution in [0.1, 0.15) is 26.2 Å². The van der Waals surface area contributed by atoms with E-state index in [-0.39, 0.29) is 0 Å². The molecule has 0 N–H and O–H groups in total. The van der Waals surface area contributed by atoms with Gasteiger partial charge in [0.2, 0.25) is 5.60 Å². The fourth-order valence-electron chi connectivity index (χ4n) is 1.76. The quantitative estimate of drug-likeness (QED) is 0.503. The van der Waals surface area contributed by atoms with Crippen LogP contribution in [0.25, 0.3) is 0 Å². The lowest BCUT2D eigenvalue weighted by molar-refractivity contribution is -0.155. The summed E-state index contributed by atoms with van der Waals surface area (Å²) in [5.41, 5.74) is -1.01. The van der Waals surface area contributed by atoms with Crippen molar-refractivity contribution in [3.63, 3.8) is 0 Å². The van der Waals surface area contributed by atoms with Crippen molar-refractivity contribution in [2.24, 2.45) is 0 Å². The first-order valence-electron chi connectivity index (χ1n) is 5.22. The zero-order chi connectivity index (χ0) is 10.9. The van der Waals surface area contributed by atoms with Crippen molar-refractivity contribution in [3.05, 3.63) is 0 Å². The van der Waals surface area contributed by atoms with Gasteiger partial charge < -0.3 is 14.2 Å². The van der Waals surface area contributed by atoms with Crippen LogP contribution in [0.4, 0.5) is 0 Å². The first-order chi connectivity index (χ1) is 7.20.